The number of fused-ring (bicyclic) bond motifs is 2. The molecule has 0 fully saturated rings. The zero-order valence-electron chi connectivity index (χ0n) is 10.7. The highest BCUT2D eigenvalue weighted by molar-refractivity contribution is 6.29. The second-order valence-corrected chi connectivity index (χ2v) is 4.89. The zero-order valence-corrected chi connectivity index (χ0v) is 10.7. The zero-order chi connectivity index (χ0) is 13.7. The summed E-state index contributed by atoms with van der Waals surface area (Å²) in [6.07, 6.45) is 0. The quantitative estimate of drug-likeness (QED) is 0.669. The van der Waals surface area contributed by atoms with E-state index in [2.05, 4.69) is 0 Å². The molecule has 0 unspecified atom stereocenters. The van der Waals surface area contributed by atoms with Crippen molar-refractivity contribution in [2.45, 2.75) is 13.8 Å². The third kappa shape index (κ3) is 1.58. The summed E-state index contributed by atoms with van der Waals surface area (Å²) in [5, 5.41) is 9.61. The Labute approximate surface area is 110 Å². The third-order valence-corrected chi connectivity index (χ3v) is 3.46. The Bertz CT molecular complexity index is 742. The van der Waals surface area contributed by atoms with Crippen molar-refractivity contribution in [1.29, 1.82) is 0 Å². The predicted molar refractivity (Wildman–Crippen MR) is 70.9 cm³/mol. The van der Waals surface area contributed by atoms with E-state index in [1.807, 2.05) is 13.0 Å². The monoisotopic (exact) mass is 252 g/mol. The number of aromatic hydroxyl groups is 1. The van der Waals surface area contributed by atoms with Gasteiger partial charge in [-0.2, -0.15) is 0 Å². The molecule has 0 amide bonds. The number of carbonyl (C=O) groups excluding carboxylic acids is 2. The number of ketones is 2. The lowest BCUT2D eigenvalue weighted by molar-refractivity contribution is 0.0978. The van der Waals surface area contributed by atoms with E-state index >= 15 is 0 Å². The highest BCUT2D eigenvalue weighted by Gasteiger charge is 2.31. The molecule has 0 heterocycles. The molecule has 3 rings (SSSR count). The molecule has 3 nitrogen and oxygen atoms in total. The first kappa shape index (κ1) is 11.7. The van der Waals surface area contributed by atoms with Gasteiger partial charge in [0, 0.05) is 22.3 Å². The van der Waals surface area contributed by atoms with Crippen LogP contribution in [0.2, 0.25) is 0 Å². The minimum Gasteiger partial charge on any atom is -0.508 e. The van der Waals surface area contributed by atoms with Crippen LogP contribution in [0.15, 0.2) is 30.3 Å². The topological polar surface area (TPSA) is 54.4 Å². The van der Waals surface area contributed by atoms with E-state index in [1.54, 1.807) is 19.1 Å². The number of phenols is 1. The second kappa shape index (κ2) is 3.79. The summed E-state index contributed by atoms with van der Waals surface area (Å²) in [5.41, 5.74) is 3.11. The molecule has 0 saturated heterocycles. The summed E-state index contributed by atoms with van der Waals surface area (Å²) in [5.74, 6) is -0.345. The fourth-order valence-electron chi connectivity index (χ4n) is 2.57. The van der Waals surface area contributed by atoms with Gasteiger partial charge in [0.2, 0.25) is 0 Å². The molecule has 1 aliphatic carbocycles. The lowest BCUT2D eigenvalue weighted by atomic mass is 9.81. The van der Waals surface area contributed by atoms with Gasteiger partial charge >= 0.3 is 0 Å². The first-order chi connectivity index (χ1) is 8.99. The fourth-order valence-corrected chi connectivity index (χ4v) is 2.57. The van der Waals surface area contributed by atoms with Crippen LogP contribution in [0.25, 0.3) is 0 Å². The molecule has 2 aromatic carbocycles. The Morgan fingerprint density at radius 1 is 0.842 bits per heavy atom. The van der Waals surface area contributed by atoms with E-state index in [0.29, 0.717) is 27.8 Å². The average molecular weight is 252 g/mol. The number of hydrogen-bond donors (Lipinski definition) is 1. The number of phenolic OH excluding ortho intramolecular Hbond substituents is 1. The van der Waals surface area contributed by atoms with Gasteiger partial charge in [-0.1, -0.05) is 17.7 Å². The van der Waals surface area contributed by atoms with Crippen LogP contribution in [0.5, 0.6) is 5.75 Å². The van der Waals surface area contributed by atoms with Crippen LogP contribution in [0.4, 0.5) is 0 Å². The van der Waals surface area contributed by atoms with Crippen LogP contribution in [0.3, 0.4) is 0 Å². The van der Waals surface area contributed by atoms with E-state index in [-0.39, 0.29) is 17.3 Å². The molecule has 19 heavy (non-hydrogen) atoms. The number of aryl methyl sites for hydroxylation is 2. The molecule has 1 N–H and O–H groups in total. The van der Waals surface area contributed by atoms with Crippen molar-refractivity contribution in [1.82, 2.24) is 0 Å². The molecule has 0 bridgehead atoms. The SMILES string of the molecule is Cc1ccc2c(c1)C(=O)c1cc(O)cc(C)c1C2=O. The molecule has 0 atom stereocenters. The molecular weight excluding hydrogens is 240 g/mol. The molecule has 0 aliphatic heterocycles. The van der Waals surface area contributed by atoms with Crippen LogP contribution in [-0.2, 0) is 0 Å². The molecular formula is C16H12O3. The standard InChI is InChI=1S/C16H12O3/c1-8-3-4-11-12(5-8)15(18)13-7-10(17)6-9(2)14(13)16(11)19/h3-7,17H,1-2H3. The summed E-state index contributed by atoms with van der Waals surface area (Å²) < 4.78 is 0. The summed E-state index contributed by atoms with van der Waals surface area (Å²) in [4.78, 5) is 24.9. The van der Waals surface area contributed by atoms with E-state index in [0.717, 1.165) is 5.56 Å². The Balaban J connectivity index is 2.36. The van der Waals surface area contributed by atoms with Crippen molar-refractivity contribution in [2.24, 2.45) is 0 Å². The fraction of sp³-hybridized carbons (Fsp3) is 0.125. The van der Waals surface area contributed by atoms with Gasteiger partial charge in [0.15, 0.2) is 11.6 Å². The predicted octanol–water partition coefficient (Wildman–Crippen LogP) is 2.78. The van der Waals surface area contributed by atoms with E-state index in [4.69, 9.17) is 0 Å². The highest BCUT2D eigenvalue weighted by atomic mass is 16.3. The number of carbonyl (C=O) groups is 2. The van der Waals surface area contributed by atoms with Crippen molar-refractivity contribution >= 4 is 11.6 Å². The van der Waals surface area contributed by atoms with Gasteiger partial charge in [-0.3, -0.25) is 9.59 Å². The van der Waals surface area contributed by atoms with Crippen LogP contribution in [0.1, 0.15) is 43.0 Å². The van der Waals surface area contributed by atoms with Gasteiger partial charge in [-0.25, -0.2) is 0 Å². The molecule has 0 spiro atoms. The van der Waals surface area contributed by atoms with E-state index < -0.39 is 0 Å². The molecule has 94 valence electrons. The highest BCUT2D eigenvalue weighted by Crippen LogP contribution is 2.32. The Morgan fingerprint density at radius 3 is 2.32 bits per heavy atom. The van der Waals surface area contributed by atoms with E-state index in [1.165, 1.54) is 12.1 Å². The van der Waals surface area contributed by atoms with Gasteiger partial charge in [-0.05, 0) is 37.6 Å². The van der Waals surface area contributed by atoms with Gasteiger partial charge < -0.3 is 5.11 Å². The minimum atomic E-state index is -0.202. The average Bonchev–Trinajstić information content (AvgIpc) is 2.35. The van der Waals surface area contributed by atoms with Crippen molar-refractivity contribution in [2.75, 3.05) is 0 Å². The van der Waals surface area contributed by atoms with E-state index in [9.17, 15) is 14.7 Å². The van der Waals surface area contributed by atoms with Crippen LogP contribution < -0.4 is 0 Å². The lowest BCUT2D eigenvalue weighted by Crippen LogP contribution is -2.22. The number of benzene rings is 2. The van der Waals surface area contributed by atoms with Crippen molar-refractivity contribution in [3.63, 3.8) is 0 Å². The molecule has 1 aliphatic rings. The Morgan fingerprint density at radius 2 is 1.58 bits per heavy atom. The molecule has 0 saturated carbocycles. The Kier molecular flexibility index (Phi) is 2.32. The summed E-state index contributed by atoms with van der Waals surface area (Å²) >= 11 is 0. The van der Waals surface area contributed by atoms with Gasteiger partial charge in [-0.15, -0.1) is 0 Å². The third-order valence-electron chi connectivity index (χ3n) is 3.46. The summed E-state index contributed by atoms with van der Waals surface area (Å²) in [6.45, 7) is 3.60. The maximum absolute atomic E-state index is 12.5. The van der Waals surface area contributed by atoms with Crippen LogP contribution in [0, 0.1) is 13.8 Å². The molecule has 0 radical (unpaired) electrons. The van der Waals surface area contributed by atoms with Crippen molar-refractivity contribution in [3.05, 3.63) is 63.7 Å². The second-order valence-electron chi connectivity index (χ2n) is 4.89. The first-order valence-corrected chi connectivity index (χ1v) is 6.02. The minimum absolute atomic E-state index is 0.00787. The number of rotatable bonds is 0. The maximum Gasteiger partial charge on any atom is 0.194 e. The largest absolute Gasteiger partial charge is 0.508 e. The molecule has 0 aromatic heterocycles. The maximum atomic E-state index is 12.5. The summed E-state index contributed by atoms with van der Waals surface area (Å²) in [7, 11) is 0. The van der Waals surface area contributed by atoms with Crippen molar-refractivity contribution in [3.8, 4) is 5.75 Å². The van der Waals surface area contributed by atoms with Gasteiger partial charge in [0.25, 0.3) is 0 Å². The lowest BCUT2D eigenvalue weighted by Gasteiger charge is -2.19. The van der Waals surface area contributed by atoms with Crippen LogP contribution >= 0.6 is 0 Å². The van der Waals surface area contributed by atoms with Gasteiger partial charge in [0.1, 0.15) is 5.75 Å². The normalized spacial score (nSPS) is 13.2. The van der Waals surface area contributed by atoms with Gasteiger partial charge in [0.05, 0.1) is 0 Å². The molecule has 2 aromatic rings. The summed E-state index contributed by atoms with van der Waals surface area (Å²) in [6, 6.07) is 8.11. The molecule has 3 heteroatoms. The Hall–Kier alpha value is -2.42. The van der Waals surface area contributed by atoms with Crippen LogP contribution in [-0.4, -0.2) is 16.7 Å². The van der Waals surface area contributed by atoms with Crippen molar-refractivity contribution < 1.29 is 14.7 Å². The smallest absolute Gasteiger partial charge is 0.194 e. The number of hydrogen-bond acceptors (Lipinski definition) is 3. The first-order valence-electron chi connectivity index (χ1n) is 6.02.